The Morgan fingerprint density at radius 2 is 2.12 bits per heavy atom. The van der Waals surface area contributed by atoms with Crippen molar-refractivity contribution in [3.8, 4) is 0 Å². The highest BCUT2D eigenvalue weighted by Gasteiger charge is 2.31. The molecule has 0 bridgehead atoms. The highest BCUT2D eigenvalue weighted by Crippen LogP contribution is 2.39. The molecular weight excluding hydrogens is 248 g/mol. The van der Waals surface area contributed by atoms with Crippen LogP contribution in [-0.4, -0.2) is 5.38 Å². The average molecular weight is 265 g/mol. The number of alkyl halides is 1. The Morgan fingerprint density at radius 1 is 1.29 bits per heavy atom. The van der Waals surface area contributed by atoms with Gasteiger partial charge < -0.3 is 0 Å². The molecule has 3 unspecified atom stereocenters. The molecule has 1 aliphatic carbocycles. The third-order valence-corrected chi connectivity index (χ3v) is 5.80. The van der Waals surface area contributed by atoms with E-state index in [1.54, 1.807) is 0 Å². The maximum Gasteiger partial charge on any atom is 0.0364 e. The van der Waals surface area contributed by atoms with Crippen molar-refractivity contribution in [2.24, 2.45) is 11.8 Å². The van der Waals surface area contributed by atoms with Gasteiger partial charge in [0.25, 0.3) is 0 Å². The summed E-state index contributed by atoms with van der Waals surface area (Å²) in [5.74, 6) is 1.44. The quantitative estimate of drug-likeness (QED) is 0.662. The fourth-order valence-corrected chi connectivity index (χ4v) is 4.26. The molecule has 0 aliphatic heterocycles. The summed E-state index contributed by atoms with van der Waals surface area (Å²) in [6.45, 7) is 2.31. The van der Waals surface area contributed by atoms with Gasteiger partial charge in [0.05, 0.1) is 0 Å². The third kappa shape index (κ3) is 2.11. The second-order valence-electron chi connectivity index (χ2n) is 5.17. The Kier molecular flexibility index (Phi) is 3.14. The first-order chi connectivity index (χ1) is 8.25. The monoisotopic (exact) mass is 264 g/mol. The Morgan fingerprint density at radius 3 is 2.88 bits per heavy atom. The topological polar surface area (TPSA) is 0 Å². The van der Waals surface area contributed by atoms with E-state index in [9.17, 15) is 0 Å². The second kappa shape index (κ2) is 4.62. The van der Waals surface area contributed by atoms with Gasteiger partial charge in [-0.25, -0.2) is 0 Å². The molecule has 17 heavy (non-hydrogen) atoms. The van der Waals surface area contributed by atoms with Crippen molar-refractivity contribution in [1.82, 2.24) is 0 Å². The number of rotatable bonds is 2. The summed E-state index contributed by atoms with van der Waals surface area (Å²) in [5.41, 5.74) is 1.52. The van der Waals surface area contributed by atoms with Crippen molar-refractivity contribution in [3.63, 3.8) is 0 Å². The SMILES string of the molecule is CC1C(Cl)CCC1Cc1csc2ccccc12. The summed E-state index contributed by atoms with van der Waals surface area (Å²) in [5, 5.41) is 4.17. The molecule has 1 aliphatic rings. The zero-order valence-corrected chi connectivity index (χ0v) is 11.6. The molecule has 0 saturated heterocycles. The summed E-state index contributed by atoms with van der Waals surface area (Å²) in [7, 11) is 0. The van der Waals surface area contributed by atoms with E-state index < -0.39 is 0 Å². The van der Waals surface area contributed by atoms with Crippen molar-refractivity contribution in [2.45, 2.75) is 31.6 Å². The van der Waals surface area contributed by atoms with Crippen LogP contribution >= 0.6 is 22.9 Å². The van der Waals surface area contributed by atoms with E-state index in [1.165, 1.54) is 34.9 Å². The van der Waals surface area contributed by atoms with Gasteiger partial charge in [-0.2, -0.15) is 0 Å². The molecule has 0 radical (unpaired) electrons. The first-order valence-electron chi connectivity index (χ1n) is 6.35. The highest BCUT2D eigenvalue weighted by atomic mass is 35.5. The molecule has 0 amide bonds. The number of halogens is 1. The molecule has 0 nitrogen and oxygen atoms in total. The molecular formula is C15H17ClS. The zero-order valence-electron chi connectivity index (χ0n) is 10.0. The van der Waals surface area contributed by atoms with Crippen molar-refractivity contribution in [1.29, 1.82) is 0 Å². The Labute approximate surface area is 112 Å². The molecule has 2 aromatic rings. The van der Waals surface area contributed by atoms with E-state index in [-0.39, 0.29) is 0 Å². The standard InChI is InChI=1S/C15H17ClS/c1-10-11(6-7-14(10)16)8-12-9-17-15-5-3-2-4-13(12)15/h2-5,9-11,14H,6-8H2,1H3. The van der Waals surface area contributed by atoms with E-state index in [2.05, 4.69) is 36.6 Å². The average Bonchev–Trinajstić information content (AvgIpc) is 2.89. The summed E-state index contributed by atoms with van der Waals surface area (Å²) in [6.07, 6.45) is 3.68. The molecule has 1 aromatic carbocycles. The molecule has 1 saturated carbocycles. The molecule has 1 aromatic heterocycles. The van der Waals surface area contributed by atoms with Crippen LogP contribution < -0.4 is 0 Å². The molecule has 2 heteroatoms. The Balaban J connectivity index is 1.86. The van der Waals surface area contributed by atoms with Gasteiger partial charge >= 0.3 is 0 Å². The van der Waals surface area contributed by atoms with E-state index in [0.717, 1.165) is 5.92 Å². The molecule has 0 spiro atoms. The van der Waals surface area contributed by atoms with E-state index in [0.29, 0.717) is 11.3 Å². The van der Waals surface area contributed by atoms with E-state index >= 15 is 0 Å². The normalized spacial score (nSPS) is 28.9. The maximum atomic E-state index is 6.32. The predicted octanol–water partition coefficient (Wildman–Crippen LogP) is 5.10. The van der Waals surface area contributed by atoms with Gasteiger partial charge in [0, 0.05) is 10.1 Å². The molecule has 3 rings (SSSR count). The van der Waals surface area contributed by atoms with Gasteiger partial charge in [0.1, 0.15) is 0 Å². The molecule has 90 valence electrons. The minimum Gasteiger partial charge on any atom is -0.144 e. The van der Waals surface area contributed by atoms with Gasteiger partial charge in [-0.3, -0.25) is 0 Å². The van der Waals surface area contributed by atoms with Gasteiger partial charge in [-0.15, -0.1) is 22.9 Å². The fourth-order valence-electron chi connectivity index (χ4n) is 2.96. The molecule has 1 fully saturated rings. The number of fused-ring (bicyclic) bond motifs is 1. The van der Waals surface area contributed by atoms with Crippen molar-refractivity contribution in [3.05, 3.63) is 35.2 Å². The number of hydrogen-bond donors (Lipinski definition) is 0. The van der Waals surface area contributed by atoms with Crippen LogP contribution in [0, 0.1) is 11.8 Å². The second-order valence-corrected chi connectivity index (χ2v) is 6.65. The van der Waals surface area contributed by atoms with Gasteiger partial charge in [0.2, 0.25) is 0 Å². The highest BCUT2D eigenvalue weighted by molar-refractivity contribution is 7.17. The van der Waals surface area contributed by atoms with Crippen LogP contribution in [-0.2, 0) is 6.42 Å². The van der Waals surface area contributed by atoms with E-state index in [1.807, 2.05) is 11.3 Å². The first-order valence-corrected chi connectivity index (χ1v) is 7.66. The van der Waals surface area contributed by atoms with Crippen molar-refractivity contribution >= 4 is 33.0 Å². The van der Waals surface area contributed by atoms with Crippen LogP contribution in [0.5, 0.6) is 0 Å². The molecule has 0 N–H and O–H groups in total. The van der Waals surface area contributed by atoms with Crippen LogP contribution in [0.25, 0.3) is 10.1 Å². The lowest BCUT2D eigenvalue weighted by Crippen LogP contribution is -2.12. The lowest BCUT2D eigenvalue weighted by molar-refractivity contribution is 0.421. The van der Waals surface area contributed by atoms with E-state index in [4.69, 9.17) is 11.6 Å². The smallest absolute Gasteiger partial charge is 0.0364 e. The summed E-state index contributed by atoms with van der Waals surface area (Å²) in [6, 6.07) is 8.72. The Bertz CT molecular complexity index is 516. The minimum atomic E-state index is 0.393. The maximum absolute atomic E-state index is 6.32. The number of benzene rings is 1. The number of thiophene rings is 1. The van der Waals surface area contributed by atoms with Crippen LogP contribution in [0.15, 0.2) is 29.6 Å². The van der Waals surface area contributed by atoms with Crippen molar-refractivity contribution in [2.75, 3.05) is 0 Å². The van der Waals surface area contributed by atoms with Crippen LogP contribution in [0.1, 0.15) is 25.3 Å². The first kappa shape index (κ1) is 11.6. The number of hydrogen-bond acceptors (Lipinski definition) is 1. The largest absolute Gasteiger partial charge is 0.144 e. The fraction of sp³-hybridized carbons (Fsp3) is 0.467. The van der Waals surface area contributed by atoms with Gasteiger partial charge in [-0.1, -0.05) is 25.1 Å². The Hall–Kier alpha value is -0.530. The van der Waals surface area contributed by atoms with Crippen LogP contribution in [0.4, 0.5) is 0 Å². The molecule has 1 heterocycles. The van der Waals surface area contributed by atoms with Crippen LogP contribution in [0.2, 0.25) is 0 Å². The zero-order chi connectivity index (χ0) is 11.8. The lowest BCUT2D eigenvalue weighted by Gasteiger charge is -2.16. The van der Waals surface area contributed by atoms with Gasteiger partial charge in [0.15, 0.2) is 0 Å². The summed E-state index contributed by atoms with van der Waals surface area (Å²) >= 11 is 8.18. The van der Waals surface area contributed by atoms with Crippen molar-refractivity contribution < 1.29 is 0 Å². The lowest BCUT2D eigenvalue weighted by atomic mass is 9.91. The summed E-state index contributed by atoms with van der Waals surface area (Å²) in [4.78, 5) is 0. The predicted molar refractivity (Wildman–Crippen MR) is 77.1 cm³/mol. The van der Waals surface area contributed by atoms with Gasteiger partial charge in [-0.05, 0) is 53.5 Å². The minimum absolute atomic E-state index is 0.393. The van der Waals surface area contributed by atoms with Crippen LogP contribution in [0.3, 0.4) is 0 Å². The summed E-state index contributed by atoms with van der Waals surface area (Å²) < 4.78 is 1.41. The molecule has 3 atom stereocenters. The third-order valence-electron chi connectivity index (χ3n) is 4.17.